The van der Waals surface area contributed by atoms with E-state index >= 15 is 0 Å². The summed E-state index contributed by atoms with van der Waals surface area (Å²) in [5.41, 5.74) is 3.37. The highest BCUT2D eigenvalue weighted by Crippen LogP contribution is 2.28. The van der Waals surface area contributed by atoms with Crippen LogP contribution in [0.3, 0.4) is 0 Å². The molecule has 0 amide bonds. The number of carboxylic acids is 1. The monoisotopic (exact) mass is 272 g/mol. The van der Waals surface area contributed by atoms with E-state index in [0.29, 0.717) is 18.8 Å². The predicted octanol–water partition coefficient (Wildman–Crippen LogP) is 1.30. The molecule has 0 spiro atoms. The second-order valence-corrected chi connectivity index (χ2v) is 5.00. The van der Waals surface area contributed by atoms with Crippen molar-refractivity contribution in [1.29, 1.82) is 0 Å². The van der Waals surface area contributed by atoms with Gasteiger partial charge in [-0.3, -0.25) is 14.7 Å². The molecule has 1 aliphatic heterocycles. The van der Waals surface area contributed by atoms with Crippen LogP contribution in [0.1, 0.15) is 28.8 Å². The van der Waals surface area contributed by atoms with E-state index in [1.807, 2.05) is 30.0 Å². The minimum Gasteiger partial charge on any atom is -0.480 e. The molecule has 0 saturated carbocycles. The smallest absolute Gasteiger partial charge is 0.327 e. The normalized spacial score (nSPS) is 18.8. The number of fused-ring (bicyclic) bond motifs is 1. The van der Waals surface area contributed by atoms with Crippen molar-refractivity contribution in [2.75, 3.05) is 6.54 Å². The van der Waals surface area contributed by atoms with E-state index in [0.717, 1.165) is 23.5 Å². The lowest BCUT2D eigenvalue weighted by Gasteiger charge is -2.31. The maximum Gasteiger partial charge on any atom is 0.327 e. The Morgan fingerprint density at radius 2 is 2.40 bits per heavy atom. The first kappa shape index (κ1) is 12.8. The Bertz CT molecular complexity index is 638. The molecule has 0 radical (unpaired) electrons. The largest absolute Gasteiger partial charge is 0.480 e. The SMILES string of the molecule is Cc1cccc(CN2CCc3[nH]cnc3C2C(=O)O)n1. The third kappa shape index (κ3) is 2.30. The van der Waals surface area contributed by atoms with Crippen molar-refractivity contribution in [3.8, 4) is 0 Å². The predicted molar refractivity (Wildman–Crippen MR) is 72.1 cm³/mol. The topological polar surface area (TPSA) is 82.1 Å². The molecule has 3 rings (SSSR count). The van der Waals surface area contributed by atoms with Gasteiger partial charge in [-0.1, -0.05) is 6.07 Å². The maximum absolute atomic E-state index is 11.6. The molecule has 0 aromatic carbocycles. The number of aliphatic carboxylic acids is 1. The second kappa shape index (κ2) is 5.05. The average molecular weight is 272 g/mol. The quantitative estimate of drug-likeness (QED) is 0.880. The molecule has 1 unspecified atom stereocenters. The number of nitrogens with zero attached hydrogens (tertiary/aromatic N) is 3. The van der Waals surface area contributed by atoms with Crippen molar-refractivity contribution >= 4 is 5.97 Å². The van der Waals surface area contributed by atoms with Crippen LogP contribution in [0.25, 0.3) is 0 Å². The van der Waals surface area contributed by atoms with E-state index in [4.69, 9.17) is 0 Å². The van der Waals surface area contributed by atoms with Crippen molar-refractivity contribution in [3.05, 3.63) is 47.3 Å². The van der Waals surface area contributed by atoms with Gasteiger partial charge >= 0.3 is 5.97 Å². The van der Waals surface area contributed by atoms with E-state index in [2.05, 4.69) is 15.0 Å². The number of aromatic nitrogens is 3. The molecule has 1 aliphatic rings. The van der Waals surface area contributed by atoms with Gasteiger partial charge in [0, 0.05) is 30.9 Å². The number of nitrogens with one attached hydrogen (secondary N) is 1. The summed E-state index contributed by atoms with van der Waals surface area (Å²) in [7, 11) is 0. The van der Waals surface area contributed by atoms with Gasteiger partial charge in [-0.25, -0.2) is 4.98 Å². The molecule has 3 heterocycles. The zero-order valence-corrected chi connectivity index (χ0v) is 11.2. The zero-order valence-electron chi connectivity index (χ0n) is 11.2. The summed E-state index contributed by atoms with van der Waals surface area (Å²) in [6, 6.07) is 5.09. The van der Waals surface area contributed by atoms with E-state index in [9.17, 15) is 9.90 Å². The Hall–Kier alpha value is -2.21. The lowest BCUT2D eigenvalue weighted by atomic mass is 10.0. The number of rotatable bonds is 3. The molecule has 1 atom stereocenters. The molecule has 0 aliphatic carbocycles. The number of aromatic amines is 1. The third-order valence-electron chi connectivity index (χ3n) is 3.57. The van der Waals surface area contributed by atoms with Crippen molar-refractivity contribution in [2.24, 2.45) is 0 Å². The average Bonchev–Trinajstić information content (AvgIpc) is 2.86. The number of H-pyrrole nitrogens is 1. The number of carbonyl (C=O) groups is 1. The maximum atomic E-state index is 11.6. The first-order chi connectivity index (χ1) is 9.65. The Morgan fingerprint density at radius 3 is 3.15 bits per heavy atom. The number of hydrogen-bond donors (Lipinski definition) is 2. The van der Waals surface area contributed by atoms with Gasteiger partial charge in [0.2, 0.25) is 0 Å². The second-order valence-electron chi connectivity index (χ2n) is 5.00. The lowest BCUT2D eigenvalue weighted by molar-refractivity contribution is -0.144. The summed E-state index contributed by atoms with van der Waals surface area (Å²) < 4.78 is 0. The molecule has 6 nitrogen and oxygen atoms in total. The van der Waals surface area contributed by atoms with E-state index in [1.54, 1.807) is 6.33 Å². The van der Waals surface area contributed by atoms with Crippen molar-refractivity contribution in [1.82, 2.24) is 19.9 Å². The van der Waals surface area contributed by atoms with E-state index in [1.165, 1.54) is 0 Å². The molecule has 2 aromatic rings. The molecule has 0 saturated heterocycles. The molecule has 20 heavy (non-hydrogen) atoms. The molecule has 0 fully saturated rings. The fourth-order valence-electron chi connectivity index (χ4n) is 2.66. The van der Waals surface area contributed by atoms with Gasteiger partial charge in [0.25, 0.3) is 0 Å². The summed E-state index contributed by atoms with van der Waals surface area (Å²) in [6.07, 6.45) is 2.35. The van der Waals surface area contributed by atoms with Gasteiger partial charge < -0.3 is 10.1 Å². The summed E-state index contributed by atoms with van der Waals surface area (Å²) in [5, 5.41) is 9.49. The van der Waals surface area contributed by atoms with Gasteiger partial charge in [-0.2, -0.15) is 0 Å². The third-order valence-corrected chi connectivity index (χ3v) is 3.57. The molecule has 6 heteroatoms. The molecule has 2 N–H and O–H groups in total. The van der Waals surface area contributed by atoms with Crippen LogP contribution in [0.2, 0.25) is 0 Å². The number of pyridine rings is 1. The highest BCUT2D eigenvalue weighted by atomic mass is 16.4. The molecular formula is C14H16N4O2. The summed E-state index contributed by atoms with van der Waals surface area (Å²) >= 11 is 0. The first-order valence-corrected chi connectivity index (χ1v) is 6.56. The Kier molecular flexibility index (Phi) is 3.23. The minimum absolute atomic E-state index is 0.519. The number of aryl methyl sites for hydroxylation is 1. The highest BCUT2D eigenvalue weighted by Gasteiger charge is 2.35. The van der Waals surface area contributed by atoms with Gasteiger partial charge in [0.05, 0.1) is 17.7 Å². The van der Waals surface area contributed by atoms with E-state index < -0.39 is 12.0 Å². The molecule has 0 bridgehead atoms. The van der Waals surface area contributed by atoms with Crippen LogP contribution in [-0.2, 0) is 17.8 Å². The fourth-order valence-corrected chi connectivity index (χ4v) is 2.66. The Labute approximate surface area is 116 Å². The van der Waals surface area contributed by atoms with Crippen molar-refractivity contribution in [2.45, 2.75) is 25.9 Å². The van der Waals surface area contributed by atoms with Crippen LogP contribution in [0, 0.1) is 6.92 Å². The Morgan fingerprint density at radius 1 is 1.55 bits per heavy atom. The van der Waals surface area contributed by atoms with Gasteiger partial charge in [-0.15, -0.1) is 0 Å². The number of carboxylic acid groups (broad SMARTS) is 1. The van der Waals surface area contributed by atoms with Crippen LogP contribution in [0.15, 0.2) is 24.5 Å². The summed E-state index contributed by atoms with van der Waals surface area (Å²) in [5.74, 6) is -0.870. The molecular weight excluding hydrogens is 256 g/mol. The summed E-state index contributed by atoms with van der Waals surface area (Å²) in [6.45, 7) is 3.13. The van der Waals surface area contributed by atoms with Crippen LogP contribution in [-0.4, -0.2) is 37.5 Å². The standard InChI is InChI=1S/C14H16N4O2/c1-9-3-2-4-10(17-9)7-18-6-5-11-12(16-8-15-11)13(18)14(19)20/h2-4,8,13H,5-7H2,1H3,(H,15,16)(H,19,20). The van der Waals surface area contributed by atoms with Gasteiger partial charge in [-0.05, 0) is 19.1 Å². The van der Waals surface area contributed by atoms with Gasteiger partial charge in [0.1, 0.15) is 0 Å². The lowest BCUT2D eigenvalue weighted by Crippen LogP contribution is -2.39. The number of hydrogen-bond acceptors (Lipinski definition) is 4. The van der Waals surface area contributed by atoms with Crippen LogP contribution in [0.5, 0.6) is 0 Å². The van der Waals surface area contributed by atoms with Crippen molar-refractivity contribution < 1.29 is 9.90 Å². The number of imidazole rings is 1. The first-order valence-electron chi connectivity index (χ1n) is 6.56. The van der Waals surface area contributed by atoms with Crippen molar-refractivity contribution in [3.63, 3.8) is 0 Å². The fraction of sp³-hybridized carbons (Fsp3) is 0.357. The Balaban J connectivity index is 1.88. The van der Waals surface area contributed by atoms with Gasteiger partial charge in [0.15, 0.2) is 6.04 Å². The summed E-state index contributed by atoms with van der Waals surface area (Å²) in [4.78, 5) is 25.1. The molecule has 2 aromatic heterocycles. The van der Waals surface area contributed by atoms with Crippen LogP contribution in [0.4, 0.5) is 0 Å². The molecule has 104 valence electrons. The van der Waals surface area contributed by atoms with E-state index in [-0.39, 0.29) is 0 Å². The highest BCUT2D eigenvalue weighted by molar-refractivity contribution is 5.75. The minimum atomic E-state index is -0.870. The van der Waals surface area contributed by atoms with Crippen LogP contribution >= 0.6 is 0 Å². The zero-order chi connectivity index (χ0) is 14.1. The van der Waals surface area contributed by atoms with Crippen LogP contribution < -0.4 is 0 Å².